The summed E-state index contributed by atoms with van der Waals surface area (Å²) >= 11 is 0. The van der Waals surface area contributed by atoms with Crippen molar-refractivity contribution in [3.63, 3.8) is 0 Å². The van der Waals surface area contributed by atoms with Crippen molar-refractivity contribution in [2.75, 3.05) is 7.05 Å². The van der Waals surface area contributed by atoms with Gasteiger partial charge in [0.05, 0.1) is 0 Å². The molecule has 17 heavy (non-hydrogen) atoms. The summed E-state index contributed by atoms with van der Waals surface area (Å²) in [5.41, 5.74) is 2.28. The van der Waals surface area contributed by atoms with Gasteiger partial charge in [-0.15, -0.1) is 0 Å². The molecule has 1 aliphatic rings. The number of hydrogen-bond donors (Lipinski definition) is 1. The van der Waals surface area contributed by atoms with Gasteiger partial charge in [0.1, 0.15) is 5.82 Å². The van der Waals surface area contributed by atoms with Crippen LogP contribution in [0.25, 0.3) is 0 Å². The van der Waals surface area contributed by atoms with Gasteiger partial charge in [0.25, 0.3) is 0 Å². The van der Waals surface area contributed by atoms with Crippen LogP contribution in [0.2, 0.25) is 0 Å². The van der Waals surface area contributed by atoms with E-state index in [1.807, 2.05) is 26.1 Å². The summed E-state index contributed by atoms with van der Waals surface area (Å²) in [6, 6.07) is 5.84. The maximum Gasteiger partial charge on any atom is 0.126 e. The van der Waals surface area contributed by atoms with Crippen molar-refractivity contribution in [2.24, 2.45) is 5.41 Å². The maximum atomic E-state index is 13.3. The largest absolute Gasteiger partial charge is 0.313 e. The van der Waals surface area contributed by atoms with Crippen molar-refractivity contribution in [3.8, 4) is 0 Å². The predicted molar refractivity (Wildman–Crippen MR) is 69.5 cm³/mol. The van der Waals surface area contributed by atoms with Gasteiger partial charge in [0.2, 0.25) is 0 Å². The minimum absolute atomic E-state index is 0.111. The molecular formula is C15H22FN. The van der Waals surface area contributed by atoms with Crippen molar-refractivity contribution >= 4 is 0 Å². The molecule has 1 aromatic rings. The van der Waals surface area contributed by atoms with Crippen LogP contribution in [0.5, 0.6) is 0 Å². The lowest BCUT2D eigenvalue weighted by Gasteiger charge is -2.34. The summed E-state index contributed by atoms with van der Waals surface area (Å²) in [5.74, 6) is -0.111. The van der Waals surface area contributed by atoms with Gasteiger partial charge in [0.15, 0.2) is 0 Å². The third-order valence-electron chi connectivity index (χ3n) is 4.25. The van der Waals surface area contributed by atoms with Gasteiger partial charge >= 0.3 is 0 Å². The number of aryl methyl sites for hydroxylation is 1. The smallest absolute Gasteiger partial charge is 0.126 e. The molecule has 0 heterocycles. The van der Waals surface area contributed by atoms with E-state index >= 15 is 0 Å². The van der Waals surface area contributed by atoms with Crippen LogP contribution >= 0.6 is 0 Å². The lowest BCUT2D eigenvalue weighted by molar-refractivity contribution is 0.233. The number of rotatable bonds is 3. The van der Waals surface area contributed by atoms with Crippen LogP contribution in [0.15, 0.2) is 18.2 Å². The molecule has 1 fully saturated rings. The Morgan fingerprint density at radius 1 is 1.29 bits per heavy atom. The Labute approximate surface area is 103 Å². The Kier molecular flexibility index (Phi) is 3.53. The lowest BCUT2D eigenvalue weighted by Crippen LogP contribution is -2.32. The number of hydrogen-bond acceptors (Lipinski definition) is 1. The Morgan fingerprint density at radius 2 is 1.94 bits per heavy atom. The van der Waals surface area contributed by atoms with Crippen LogP contribution in [0.4, 0.5) is 4.39 Å². The second kappa shape index (κ2) is 4.77. The zero-order valence-corrected chi connectivity index (χ0v) is 11.0. The van der Waals surface area contributed by atoms with E-state index in [2.05, 4.69) is 12.2 Å². The first-order valence-corrected chi connectivity index (χ1v) is 6.50. The summed E-state index contributed by atoms with van der Waals surface area (Å²) < 4.78 is 13.3. The molecule has 1 aliphatic carbocycles. The molecule has 1 N–H and O–H groups in total. The normalized spacial score (nSPS) is 20.5. The van der Waals surface area contributed by atoms with Crippen LogP contribution in [0, 0.1) is 18.2 Å². The number of nitrogens with one attached hydrogen (secondary N) is 1. The van der Waals surface area contributed by atoms with Gasteiger partial charge in [-0.3, -0.25) is 0 Å². The molecule has 1 nitrogen and oxygen atoms in total. The van der Waals surface area contributed by atoms with Crippen molar-refractivity contribution in [1.82, 2.24) is 5.32 Å². The van der Waals surface area contributed by atoms with Gasteiger partial charge in [-0.25, -0.2) is 4.39 Å². The standard InChI is InChI=1S/C15H22FN/c1-11-10-12(6-7-13(11)16)14(17-3)15(2)8-4-5-9-15/h6-7,10,14,17H,4-5,8-9H2,1-3H3. The Bertz CT molecular complexity index is 394. The molecule has 0 aromatic heterocycles. The second-order valence-corrected chi connectivity index (χ2v) is 5.59. The molecule has 94 valence electrons. The van der Waals surface area contributed by atoms with Gasteiger partial charge < -0.3 is 5.32 Å². The van der Waals surface area contributed by atoms with E-state index in [1.165, 1.54) is 31.2 Å². The highest BCUT2D eigenvalue weighted by Crippen LogP contribution is 2.47. The molecule has 2 rings (SSSR count). The van der Waals surface area contributed by atoms with Crippen molar-refractivity contribution < 1.29 is 4.39 Å². The van der Waals surface area contributed by atoms with Crippen LogP contribution in [-0.2, 0) is 0 Å². The molecule has 0 amide bonds. The van der Waals surface area contributed by atoms with E-state index in [0.717, 1.165) is 5.56 Å². The molecule has 1 saturated carbocycles. The third kappa shape index (κ3) is 2.37. The first kappa shape index (κ1) is 12.6. The van der Waals surface area contributed by atoms with Crippen LogP contribution in [0.3, 0.4) is 0 Å². The van der Waals surface area contributed by atoms with E-state index in [9.17, 15) is 4.39 Å². The first-order chi connectivity index (χ1) is 8.07. The highest BCUT2D eigenvalue weighted by atomic mass is 19.1. The predicted octanol–water partition coefficient (Wildman–Crippen LogP) is 3.97. The fraction of sp³-hybridized carbons (Fsp3) is 0.600. The summed E-state index contributed by atoms with van der Waals surface area (Å²) in [7, 11) is 2.01. The average Bonchev–Trinajstić information content (AvgIpc) is 2.72. The second-order valence-electron chi connectivity index (χ2n) is 5.59. The van der Waals surface area contributed by atoms with Gasteiger partial charge in [-0.2, -0.15) is 0 Å². The minimum Gasteiger partial charge on any atom is -0.313 e. The van der Waals surface area contributed by atoms with Crippen molar-refractivity contribution in [1.29, 1.82) is 0 Å². The van der Waals surface area contributed by atoms with Gasteiger partial charge in [0, 0.05) is 6.04 Å². The van der Waals surface area contributed by atoms with Gasteiger partial charge in [-0.05, 0) is 49.4 Å². The van der Waals surface area contributed by atoms with Crippen LogP contribution in [-0.4, -0.2) is 7.05 Å². The molecule has 0 spiro atoms. The van der Waals surface area contributed by atoms with Crippen LogP contribution in [0.1, 0.15) is 49.8 Å². The van der Waals surface area contributed by atoms with E-state index < -0.39 is 0 Å². The summed E-state index contributed by atoms with van der Waals surface area (Å²) in [4.78, 5) is 0. The Balaban J connectivity index is 2.31. The summed E-state index contributed by atoms with van der Waals surface area (Å²) in [5, 5.41) is 3.43. The van der Waals surface area contributed by atoms with E-state index in [1.54, 1.807) is 6.07 Å². The fourth-order valence-electron chi connectivity index (χ4n) is 3.24. The minimum atomic E-state index is -0.111. The summed E-state index contributed by atoms with van der Waals surface area (Å²) in [6.45, 7) is 4.18. The van der Waals surface area contributed by atoms with E-state index in [0.29, 0.717) is 11.5 Å². The van der Waals surface area contributed by atoms with Crippen molar-refractivity contribution in [2.45, 2.75) is 45.6 Å². The van der Waals surface area contributed by atoms with Crippen LogP contribution < -0.4 is 5.32 Å². The molecule has 1 unspecified atom stereocenters. The lowest BCUT2D eigenvalue weighted by atomic mass is 9.77. The van der Waals surface area contributed by atoms with Gasteiger partial charge in [-0.1, -0.05) is 31.9 Å². The molecule has 0 radical (unpaired) electrons. The Morgan fingerprint density at radius 3 is 2.47 bits per heavy atom. The van der Waals surface area contributed by atoms with E-state index in [-0.39, 0.29) is 5.82 Å². The maximum absolute atomic E-state index is 13.3. The molecular weight excluding hydrogens is 213 g/mol. The molecule has 0 bridgehead atoms. The highest BCUT2D eigenvalue weighted by Gasteiger charge is 2.37. The molecule has 1 aromatic carbocycles. The molecule has 0 aliphatic heterocycles. The SMILES string of the molecule is CNC(c1ccc(F)c(C)c1)C1(C)CCCC1. The monoisotopic (exact) mass is 235 g/mol. The fourth-order valence-corrected chi connectivity index (χ4v) is 3.24. The third-order valence-corrected chi connectivity index (χ3v) is 4.25. The summed E-state index contributed by atoms with van der Waals surface area (Å²) in [6.07, 6.45) is 5.15. The number of benzene rings is 1. The highest BCUT2D eigenvalue weighted by molar-refractivity contribution is 5.28. The quantitative estimate of drug-likeness (QED) is 0.835. The van der Waals surface area contributed by atoms with E-state index in [4.69, 9.17) is 0 Å². The number of halogens is 1. The first-order valence-electron chi connectivity index (χ1n) is 6.50. The topological polar surface area (TPSA) is 12.0 Å². The Hall–Kier alpha value is -0.890. The van der Waals surface area contributed by atoms with Crippen molar-refractivity contribution in [3.05, 3.63) is 35.1 Å². The average molecular weight is 235 g/mol. The molecule has 1 atom stereocenters. The zero-order chi connectivity index (χ0) is 12.5. The molecule has 0 saturated heterocycles. The molecule has 2 heteroatoms. The zero-order valence-electron chi connectivity index (χ0n) is 11.0.